The van der Waals surface area contributed by atoms with Gasteiger partial charge in [0, 0.05) is 14.1 Å². The van der Waals surface area contributed by atoms with Gasteiger partial charge in [0.15, 0.2) is 0 Å². The van der Waals surface area contributed by atoms with E-state index in [0.717, 1.165) is 0 Å². The van der Waals surface area contributed by atoms with Crippen molar-refractivity contribution < 1.29 is 4.74 Å². The topological polar surface area (TPSA) is 58.2 Å². The molecule has 5 nitrogen and oxygen atoms in total. The normalized spacial score (nSPS) is 10.4. The Morgan fingerprint density at radius 1 is 1.38 bits per heavy atom. The Labute approximate surface area is 92.7 Å². The monoisotopic (exact) mass is 219 g/mol. The molecule has 0 aliphatic rings. The second-order valence-electron chi connectivity index (χ2n) is 3.67. The summed E-state index contributed by atoms with van der Waals surface area (Å²) in [5, 5.41) is 0.532. The first-order valence-corrected chi connectivity index (χ1v) is 4.87. The van der Waals surface area contributed by atoms with Crippen molar-refractivity contribution in [2.24, 2.45) is 0 Å². The number of aromatic amines is 1. The van der Waals surface area contributed by atoms with E-state index < -0.39 is 0 Å². The molecule has 0 unspecified atom stereocenters. The molecule has 2 rings (SSSR count). The van der Waals surface area contributed by atoms with Gasteiger partial charge in [0.2, 0.25) is 5.95 Å². The number of ether oxygens (including phenoxy) is 1. The van der Waals surface area contributed by atoms with E-state index in [-0.39, 0.29) is 5.56 Å². The molecule has 0 spiro atoms. The molecule has 0 saturated heterocycles. The van der Waals surface area contributed by atoms with Crippen molar-refractivity contribution in [2.45, 2.75) is 0 Å². The minimum Gasteiger partial charge on any atom is -0.497 e. The average Bonchev–Trinajstić information content (AvgIpc) is 2.28. The second kappa shape index (κ2) is 3.84. The molecule has 84 valence electrons. The fourth-order valence-corrected chi connectivity index (χ4v) is 1.44. The molecule has 0 saturated carbocycles. The van der Waals surface area contributed by atoms with Crippen molar-refractivity contribution in [2.75, 3.05) is 26.1 Å². The lowest BCUT2D eigenvalue weighted by molar-refractivity contribution is 0.415. The summed E-state index contributed by atoms with van der Waals surface area (Å²) in [6.45, 7) is 0. The second-order valence-corrected chi connectivity index (χ2v) is 3.67. The highest BCUT2D eigenvalue weighted by atomic mass is 16.5. The van der Waals surface area contributed by atoms with Gasteiger partial charge in [-0.05, 0) is 18.2 Å². The van der Waals surface area contributed by atoms with Crippen LogP contribution in [0.15, 0.2) is 23.0 Å². The third kappa shape index (κ3) is 1.71. The van der Waals surface area contributed by atoms with Crippen LogP contribution in [0.5, 0.6) is 5.75 Å². The van der Waals surface area contributed by atoms with Gasteiger partial charge in [0.1, 0.15) is 5.75 Å². The van der Waals surface area contributed by atoms with Crippen molar-refractivity contribution in [3.05, 3.63) is 28.6 Å². The number of nitrogens with one attached hydrogen (secondary N) is 1. The molecule has 0 radical (unpaired) electrons. The van der Waals surface area contributed by atoms with Crippen LogP contribution in [0.4, 0.5) is 5.95 Å². The van der Waals surface area contributed by atoms with E-state index in [9.17, 15) is 4.79 Å². The van der Waals surface area contributed by atoms with Crippen LogP contribution in [0, 0.1) is 0 Å². The maximum absolute atomic E-state index is 11.8. The highest BCUT2D eigenvalue weighted by Gasteiger charge is 2.05. The summed E-state index contributed by atoms with van der Waals surface area (Å²) in [7, 11) is 5.22. The fraction of sp³-hybridized carbons (Fsp3) is 0.273. The molecule has 2 aromatic rings. The van der Waals surface area contributed by atoms with Gasteiger partial charge in [-0.15, -0.1) is 0 Å². The first kappa shape index (κ1) is 10.5. The molecular weight excluding hydrogens is 206 g/mol. The zero-order valence-corrected chi connectivity index (χ0v) is 9.44. The zero-order valence-electron chi connectivity index (χ0n) is 9.44. The standard InChI is InChI=1S/C11H13N3O2/c1-14(2)11-12-9-5-4-7(16-3)6-8(9)10(15)13-11/h4-6H,1-3H3,(H,12,13,15). The highest BCUT2D eigenvalue weighted by molar-refractivity contribution is 5.80. The minimum atomic E-state index is -0.160. The quantitative estimate of drug-likeness (QED) is 0.818. The summed E-state index contributed by atoms with van der Waals surface area (Å²) in [4.78, 5) is 20.6. The summed E-state index contributed by atoms with van der Waals surface area (Å²) in [6.07, 6.45) is 0. The number of methoxy groups -OCH3 is 1. The SMILES string of the molecule is COc1ccc2nc(N(C)C)[nH]c(=O)c2c1. The van der Waals surface area contributed by atoms with Crippen LogP contribution in [-0.4, -0.2) is 31.2 Å². The molecule has 1 N–H and O–H groups in total. The Balaban J connectivity index is 2.71. The number of benzene rings is 1. The van der Waals surface area contributed by atoms with E-state index in [1.54, 1.807) is 30.2 Å². The van der Waals surface area contributed by atoms with Gasteiger partial charge in [-0.25, -0.2) is 4.98 Å². The van der Waals surface area contributed by atoms with Gasteiger partial charge in [-0.2, -0.15) is 0 Å². The average molecular weight is 219 g/mol. The Morgan fingerprint density at radius 2 is 2.12 bits per heavy atom. The van der Waals surface area contributed by atoms with Gasteiger partial charge >= 0.3 is 0 Å². The van der Waals surface area contributed by atoms with Crippen molar-refractivity contribution in [1.29, 1.82) is 0 Å². The van der Waals surface area contributed by atoms with Gasteiger partial charge < -0.3 is 9.64 Å². The smallest absolute Gasteiger partial charge is 0.260 e. The Morgan fingerprint density at radius 3 is 2.75 bits per heavy atom. The predicted octanol–water partition coefficient (Wildman–Crippen LogP) is 0.998. The molecule has 0 aliphatic carbocycles. The fourth-order valence-electron chi connectivity index (χ4n) is 1.44. The maximum atomic E-state index is 11.8. The molecule has 0 atom stereocenters. The number of hydrogen-bond acceptors (Lipinski definition) is 4. The minimum absolute atomic E-state index is 0.160. The van der Waals surface area contributed by atoms with Gasteiger partial charge in [0.25, 0.3) is 5.56 Å². The molecule has 0 aliphatic heterocycles. The van der Waals surface area contributed by atoms with Crippen LogP contribution in [-0.2, 0) is 0 Å². The zero-order chi connectivity index (χ0) is 11.7. The number of H-pyrrole nitrogens is 1. The first-order valence-electron chi connectivity index (χ1n) is 4.87. The summed E-state index contributed by atoms with van der Waals surface area (Å²) in [5.74, 6) is 1.19. The van der Waals surface area contributed by atoms with Crippen LogP contribution in [0.2, 0.25) is 0 Å². The van der Waals surface area contributed by atoms with Crippen LogP contribution in [0.25, 0.3) is 10.9 Å². The lowest BCUT2D eigenvalue weighted by Gasteiger charge is -2.11. The summed E-state index contributed by atoms with van der Waals surface area (Å²) in [6, 6.07) is 5.24. The Kier molecular flexibility index (Phi) is 2.52. The maximum Gasteiger partial charge on any atom is 0.260 e. The molecule has 1 heterocycles. The largest absolute Gasteiger partial charge is 0.497 e. The third-order valence-corrected chi connectivity index (χ3v) is 2.32. The molecule has 5 heteroatoms. The van der Waals surface area contributed by atoms with Crippen molar-refractivity contribution in [3.8, 4) is 5.75 Å². The van der Waals surface area contributed by atoms with E-state index in [4.69, 9.17) is 4.74 Å². The van der Waals surface area contributed by atoms with E-state index in [2.05, 4.69) is 9.97 Å². The number of aromatic nitrogens is 2. The van der Waals surface area contributed by atoms with Gasteiger partial charge in [-0.1, -0.05) is 0 Å². The van der Waals surface area contributed by atoms with Crippen LogP contribution in [0.1, 0.15) is 0 Å². The lowest BCUT2D eigenvalue weighted by atomic mass is 10.2. The van der Waals surface area contributed by atoms with Crippen LogP contribution in [0.3, 0.4) is 0 Å². The van der Waals surface area contributed by atoms with Crippen molar-refractivity contribution in [3.63, 3.8) is 0 Å². The number of nitrogens with zero attached hydrogens (tertiary/aromatic N) is 2. The summed E-state index contributed by atoms with van der Waals surface area (Å²) in [5.41, 5.74) is 0.501. The van der Waals surface area contributed by atoms with Crippen LogP contribution < -0.4 is 15.2 Å². The van der Waals surface area contributed by atoms with Crippen LogP contribution >= 0.6 is 0 Å². The predicted molar refractivity (Wildman–Crippen MR) is 63.2 cm³/mol. The van der Waals surface area contributed by atoms with E-state index in [1.165, 1.54) is 0 Å². The highest BCUT2D eigenvalue weighted by Crippen LogP contribution is 2.17. The Bertz CT molecular complexity index is 575. The summed E-state index contributed by atoms with van der Waals surface area (Å²) < 4.78 is 5.06. The molecule has 0 amide bonds. The number of anilines is 1. The van der Waals surface area contributed by atoms with Gasteiger partial charge in [0.05, 0.1) is 18.0 Å². The molecule has 1 aromatic carbocycles. The number of hydrogen-bond donors (Lipinski definition) is 1. The molecule has 0 fully saturated rings. The Hall–Kier alpha value is -2.04. The third-order valence-electron chi connectivity index (χ3n) is 2.32. The molecule has 1 aromatic heterocycles. The van der Waals surface area contributed by atoms with E-state index in [1.807, 2.05) is 14.1 Å². The summed E-state index contributed by atoms with van der Waals surface area (Å²) >= 11 is 0. The molecule has 0 bridgehead atoms. The molecule has 16 heavy (non-hydrogen) atoms. The van der Waals surface area contributed by atoms with Crippen molar-refractivity contribution in [1.82, 2.24) is 9.97 Å². The van der Waals surface area contributed by atoms with Gasteiger partial charge in [-0.3, -0.25) is 9.78 Å². The number of rotatable bonds is 2. The lowest BCUT2D eigenvalue weighted by Crippen LogP contribution is -2.18. The number of fused-ring (bicyclic) bond motifs is 1. The van der Waals surface area contributed by atoms with E-state index >= 15 is 0 Å². The van der Waals surface area contributed by atoms with Crippen molar-refractivity contribution >= 4 is 16.9 Å². The first-order chi connectivity index (χ1) is 7.61. The van der Waals surface area contributed by atoms with E-state index in [0.29, 0.717) is 22.6 Å². The molecular formula is C11H13N3O2.